The van der Waals surface area contributed by atoms with E-state index in [1.807, 2.05) is 0 Å². The van der Waals surface area contributed by atoms with E-state index in [2.05, 4.69) is 0 Å². The third-order valence-corrected chi connectivity index (χ3v) is 3.61. The van der Waals surface area contributed by atoms with Gasteiger partial charge in [-0.25, -0.2) is 0 Å². The second-order valence-corrected chi connectivity index (χ2v) is 4.78. The SMILES string of the molecule is COCC(CN1CC(=O)N2CCCC2C1=O)OC. The van der Waals surface area contributed by atoms with Gasteiger partial charge in [0, 0.05) is 27.3 Å². The predicted molar refractivity (Wildman–Crippen MR) is 64.0 cm³/mol. The quantitative estimate of drug-likeness (QED) is 0.664. The molecule has 102 valence electrons. The van der Waals surface area contributed by atoms with E-state index in [4.69, 9.17) is 9.47 Å². The van der Waals surface area contributed by atoms with Crippen molar-refractivity contribution < 1.29 is 19.1 Å². The minimum atomic E-state index is -0.244. The van der Waals surface area contributed by atoms with Crippen molar-refractivity contribution in [3.05, 3.63) is 0 Å². The van der Waals surface area contributed by atoms with Gasteiger partial charge in [0.2, 0.25) is 11.8 Å². The largest absolute Gasteiger partial charge is 0.382 e. The number of hydrogen-bond acceptors (Lipinski definition) is 4. The average molecular weight is 256 g/mol. The van der Waals surface area contributed by atoms with Crippen LogP contribution in [0.4, 0.5) is 0 Å². The van der Waals surface area contributed by atoms with Gasteiger partial charge in [0.05, 0.1) is 19.3 Å². The molecular formula is C12H20N2O4. The van der Waals surface area contributed by atoms with E-state index in [0.717, 1.165) is 19.4 Å². The molecule has 2 aliphatic heterocycles. The number of methoxy groups -OCH3 is 2. The summed E-state index contributed by atoms with van der Waals surface area (Å²) in [4.78, 5) is 27.5. The van der Waals surface area contributed by atoms with Gasteiger partial charge in [-0.15, -0.1) is 0 Å². The number of rotatable bonds is 5. The zero-order chi connectivity index (χ0) is 13.1. The van der Waals surface area contributed by atoms with Gasteiger partial charge in [0.15, 0.2) is 0 Å². The van der Waals surface area contributed by atoms with Crippen LogP contribution < -0.4 is 0 Å². The van der Waals surface area contributed by atoms with Crippen LogP contribution in [0.3, 0.4) is 0 Å². The summed E-state index contributed by atoms with van der Waals surface area (Å²) < 4.78 is 10.3. The second kappa shape index (κ2) is 5.67. The number of ether oxygens (including phenoxy) is 2. The first-order valence-corrected chi connectivity index (χ1v) is 6.27. The maximum atomic E-state index is 12.2. The Kier molecular flexibility index (Phi) is 4.19. The van der Waals surface area contributed by atoms with Crippen molar-refractivity contribution >= 4 is 11.8 Å². The summed E-state index contributed by atoms with van der Waals surface area (Å²) in [5.41, 5.74) is 0. The number of carbonyl (C=O) groups excluding carboxylic acids is 2. The molecule has 6 heteroatoms. The Labute approximate surface area is 107 Å². The van der Waals surface area contributed by atoms with Gasteiger partial charge in [-0.05, 0) is 12.8 Å². The molecule has 2 fully saturated rings. The molecule has 2 atom stereocenters. The van der Waals surface area contributed by atoms with Crippen molar-refractivity contribution in [2.75, 3.05) is 40.5 Å². The van der Waals surface area contributed by atoms with Crippen molar-refractivity contribution in [1.82, 2.24) is 9.80 Å². The van der Waals surface area contributed by atoms with Crippen molar-refractivity contribution in [3.8, 4) is 0 Å². The van der Waals surface area contributed by atoms with Gasteiger partial charge in [-0.3, -0.25) is 9.59 Å². The molecule has 0 aromatic rings. The summed E-state index contributed by atoms with van der Waals surface area (Å²) in [6, 6.07) is -0.244. The Morgan fingerprint density at radius 3 is 2.83 bits per heavy atom. The first-order valence-electron chi connectivity index (χ1n) is 6.27. The van der Waals surface area contributed by atoms with E-state index in [-0.39, 0.29) is 30.5 Å². The van der Waals surface area contributed by atoms with Crippen molar-refractivity contribution in [2.45, 2.75) is 25.0 Å². The highest BCUT2D eigenvalue weighted by Crippen LogP contribution is 2.23. The monoisotopic (exact) mass is 256 g/mol. The van der Waals surface area contributed by atoms with Crippen LogP contribution in [0.1, 0.15) is 12.8 Å². The molecule has 18 heavy (non-hydrogen) atoms. The minimum absolute atomic E-state index is 0.0457. The molecule has 0 bridgehead atoms. The number of piperazine rings is 1. The van der Waals surface area contributed by atoms with E-state index < -0.39 is 0 Å². The highest BCUT2D eigenvalue weighted by atomic mass is 16.5. The number of carbonyl (C=O) groups is 2. The lowest BCUT2D eigenvalue weighted by atomic mass is 10.1. The summed E-state index contributed by atoms with van der Waals surface area (Å²) in [7, 11) is 3.18. The molecule has 2 heterocycles. The molecule has 0 radical (unpaired) electrons. The fourth-order valence-electron chi connectivity index (χ4n) is 2.65. The van der Waals surface area contributed by atoms with Gasteiger partial charge < -0.3 is 19.3 Å². The fraction of sp³-hybridized carbons (Fsp3) is 0.833. The van der Waals surface area contributed by atoms with Gasteiger partial charge in [0.1, 0.15) is 6.04 Å². The third-order valence-electron chi connectivity index (χ3n) is 3.61. The Morgan fingerprint density at radius 1 is 1.39 bits per heavy atom. The smallest absolute Gasteiger partial charge is 0.245 e. The zero-order valence-electron chi connectivity index (χ0n) is 10.9. The summed E-state index contributed by atoms with van der Waals surface area (Å²) in [5.74, 6) is 0.0922. The Balaban J connectivity index is 2.00. The van der Waals surface area contributed by atoms with Crippen LogP contribution in [0.15, 0.2) is 0 Å². The van der Waals surface area contributed by atoms with Crippen LogP contribution >= 0.6 is 0 Å². The number of amides is 2. The van der Waals surface area contributed by atoms with E-state index >= 15 is 0 Å². The fourth-order valence-corrected chi connectivity index (χ4v) is 2.65. The van der Waals surface area contributed by atoms with Crippen molar-refractivity contribution in [2.24, 2.45) is 0 Å². The van der Waals surface area contributed by atoms with Crippen LogP contribution in [0.25, 0.3) is 0 Å². The second-order valence-electron chi connectivity index (χ2n) is 4.78. The molecule has 2 saturated heterocycles. The third kappa shape index (κ3) is 2.49. The molecule has 0 N–H and O–H groups in total. The molecule has 6 nitrogen and oxygen atoms in total. The molecule has 0 aromatic heterocycles. The molecule has 0 spiro atoms. The van der Waals surface area contributed by atoms with E-state index in [0.29, 0.717) is 13.2 Å². The first-order chi connectivity index (χ1) is 8.67. The number of fused-ring (bicyclic) bond motifs is 1. The van der Waals surface area contributed by atoms with Crippen LogP contribution in [-0.4, -0.2) is 74.2 Å². The summed E-state index contributed by atoms with van der Waals surface area (Å²) in [6.45, 7) is 1.72. The summed E-state index contributed by atoms with van der Waals surface area (Å²) in [5, 5.41) is 0. The molecule has 2 unspecified atom stereocenters. The lowest BCUT2D eigenvalue weighted by Gasteiger charge is -2.37. The molecule has 2 rings (SSSR count). The molecule has 0 aliphatic carbocycles. The highest BCUT2D eigenvalue weighted by molar-refractivity contribution is 5.95. The van der Waals surface area contributed by atoms with E-state index in [9.17, 15) is 9.59 Å². The van der Waals surface area contributed by atoms with Crippen LogP contribution in [-0.2, 0) is 19.1 Å². The first kappa shape index (κ1) is 13.3. The zero-order valence-corrected chi connectivity index (χ0v) is 10.9. The maximum Gasteiger partial charge on any atom is 0.245 e. The lowest BCUT2D eigenvalue weighted by Crippen LogP contribution is -2.58. The average Bonchev–Trinajstić information content (AvgIpc) is 2.84. The molecule has 0 saturated carbocycles. The summed E-state index contributed by atoms with van der Waals surface area (Å²) >= 11 is 0. The molecule has 2 amide bonds. The topological polar surface area (TPSA) is 59.1 Å². The van der Waals surface area contributed by atoms with Gasteiger partial charge in [-0.1, -0.05) is 0 Å². The molecular weight excluding hydrogens is 236 g/mol. The number of hydrogen-bond donors (Lipinski definition) is 0. The normalized spacial score (nSPS) is 25.6. The standard InChI is InChI=1S/C12H20N2O4/c1-17-8-9(18-2)6-13-7-11(15)14-5-3-4-10(14)12(13)16/h9-10H,3-8H2,1-2H3. The van der Waals surface area contributed by atoms with Crippen molar-refractivity contribution in [3.63, 3.8) is 0 Å². The van der Waals surface area contributed by atoms with E-state index in [1.165, 1.54) is 0 Å². The van der Waals surface area contributed by atoms with Crippen LogP contribution in [0.2, 0.25) is 0 Å². The van der Waals surface area contributed by atoms with E-state index in [1.54, 1.807) is 24.0 Å². The summed E-state index contributed by atoms with van der Waals surface area (Å²) in [6.07, 6.45) is 1.52. The number of nitrogens with zero attached hydrogens (tertiary/aromatic N) is 2. The molecule has 2 aliphatic rings. The maximum absolute atomic E-state index is 12.2. The van der Waals surface area contributed by atoms with Gasteiger partial charge >= 0.3 is 0 Å². The Morgan fingerprint density at radius 2 is 2.17 bits per heavy atom. The van der Waals surface area contributed by atoms with Crippen LogP contribution in [0.5, 0.6) is 0 Å². The van der Waals surface area contributed by atoms with Crippen LogP contribution in [0, 0.1) is 0 Å². The highest BCUT2D eigenvalue weighted by Gasteiger charge is 2.42. The minimum Gasteiger partial charge on any atom is -0.382 e. The molecule has 0 aromatic carbocycles. The van der Waals surface area contributed by atoms with Gasteiger partial charge in [0.25, 0.3) is 0 Å². The lowest BCUT2D eigenvalue weighted by molar-refractivity contribution is -0.155. The van der Waals surface area contributed by atoms with Crippen molar-refractivity contribution in [1.29, 1.82) is 0 Å². The Hall–Kier alpha value is -1.14. The predicted octanol–water partition coefficient (Wildman–Crippen LogP) is -0.519. The Bertz CT molecular complexity index is 334. The van der Waals surface area contributed by atoms with Gasteiger partial charge in [-0.2, -0.15) is 0 Å².